The first-order valence-electron chi connectivity index (χ1n) is 7.78. The second-order valence-electron chi connectivity index (χ2n) is 7.53. The van der Waals surface area contributed by atoms with Crippen LogP contribution in [0.3, 0.4) is 0 Å². The Morgan fingerprint density at radius 3 is 2.65 bits per heavy atom. The van der Waals surface area contributed by atoms with Crippen molar-refractivity contribution in [1.29, 1.82) is 0 Å². The Bertz CT molecular complexity index is 802. The molecule has 0 radical (unpaired) electrons. The minimum absolute atomic E-state index is 0.365. The fraction of sp³-hybridized carbons (Fsp3) is 0.400. The normalized spacial score (nSPS) is 24.1. The summed E-state index contributed by atoms with van der Waals surface area (Å²) in [5.41, 5.74) is 1.99. The third-order valence-electron chi connectivity index (χ3n) is 5.21. The summed E-state index contributed by atoms with van der Waals surface area (Å²) in [5, 5.41) is 5.86. The molecule has 0 N–H and O–H groups in total. The minimum Gasteiger partial charge on any atom is -0.0760 e. The van der Waals surface area contributed by atoms with Gasteiger partial charge in [0.05, 0.1) is 0 Å². The summed E-state index contributed by atoms with van der Waals surface area (Å²) >= 11 is 0. The molecule has 0 heteroatoms. The van der Waals surface area contributed by atoms with Crippen LogP contribution in [-0.4, -0.2) is 0 Å². The standard InChI is InChI=1S/C20H22/c1-20(2,3)17-11-15-9-7-13-5-4-6-14-8-10-16(12-17)19(15)18(13)14/h4-9,11,16-17H,10,12H2,1-3H3. The summed E-state index contributed by atoms with van der Waals surface area (Å²) in [4.78, 5) is 0. The first-order valence-corrected chi connectivity index (χ1v) is 7.78. The maximum Gasteiger partial charge on any atom is -0.00737 e. The van der Waals surface area contributed by atoms with Crippen LogP contribution < -0.4 is 10.4 Å². The van der Waals surface area contributed by atoms with Crippen LogP contribution in [0.5, 0.6) is 0 Å². The van der Waals surface area contributed by atoms with Crippen LogP contribution >= 0.6 is 0 Å². The molecule has 0 saturated carbocycles. The molecule has 0 aliphatic heterocycles. The largest absolute Gasteiger partial charge is 0.0760 e. The second kappa shape index (κ2) is 3.97. The Morgan fingerprint density at radius 2 is 1.85 bits per heavy atom. The third-order valence-corrected chi connectivity index (χ3v) is 5.21. The summed E-state index contributed by atoms with van der Waals surface area (Å²) in [6.07, 6.45) is 7.51. The summed E-state index contributed by atoms with van der Waals surface area (Å²) in [5.74, 6) is 1.41. The number of rotatable bonds is 0. The Hall–Kier alpha value is -1.56. The van der Waals surface area contributed by atoms with Gasteiger partial charge in [-0.3, -0.25) is 0 Å². The predicted molar refractivity (Wildman–Crippen MR) is 87.0 cm³/mol. The highest BCUT2D eigenvalue weighted by atomic mass is 14.4. The van der Waals surface area contributed by atoms with Crippen molar-refractivity contribution in [3.8, 4) is 0 Å². The van der Waals surface area contributed by atoms with Gasteiger partial charge in [-0.1, -0.05) is 63.3 Å². The molecular weight excluding hydrogens is 240 g/mol. The van der Waals surface area contributed by atoms with E-state index in [1.54, 1.807) is 5.56 Å². The zero-order valence-electron chi connectivity index (χ0n) is 12.6. The molecule has 0 aromatic heterocycles. The lowest BCUT2D eigenvalue weighted by Gasteiger charge is -2.36. The molecule has 0 nitrogen and oxygen atoms in total. The number of hydrogen-bond acceptors (Lipinski definition) is 0. The maximum atomic E-state index is 2.54. The molecule has 0 amide bonds. The van der Waals surface area contributed by atoms with Gasteiger partial charge >= 0.3 is 0 Å². The van der Waals surface area contributed by atoms with Crippen molar-refractivity contribution < 1.29 is 0 Å². The molecule has 2 unspecified atom stereocenters. The van der Waals surface area contributed by atoms with Crippen LogP contribution in [0.2, 0.25) is 0 Å². The highest BCUT2D eigenvalue weighted by molar-refractivity contribution is 5.89. The molecule has 2 aliphatic carbocycles. The topological polar surface area (TPSA) is 0 Å². The van der Waals surface area contributed by atoms with Crippen molar-refractivity contribution in [3.63, 3.8) is 0 Å². The van der Waals surface area contributed by atoms with E-state index < -0.39 is 0 Å². The fourth-order valence-electron chi connectivity index (χ4n) is 4.00. The Labute approximate surface area is 120 Å². The lowest BCUT2D eigenvalue weighted by atomic mass is 9.68. The highest BCUT2D eigenvalue weighted by Crippen LogP contribution is 2.41. The van der Waals surface area contributed by atoms with Crippen molar-refractivity contribution >= 4 is 22.9 Å². The summed E-state index contributed by atoms with van der Waals surface area (Å²) < 4.78 is 0. The molecule has 2 atom stereocenters. The monoisotopic (exact) mass is 262 g/mol. The van der Waals surface area contributed by atoms with Gasteiger partial charge in [-0.25, -0.2) is 0 Å². The molecule has 0 fully saturated rings. The molecular formula is C20H22. The van der Waals surface area contributed by atoms with E-state index in [2.05, 4.69) is 63.3 Å². The van der Waals surface area contributed by atoms with Crippen molar-refractivity contribution in [2.75, 3.05) is 0 Å². The Kier molecular flexibility index (Phi) is 2.42. The number of benzene rings is 2. The van der Waals surface area contributed by atoms with Gasteiger partial charge < -0.3 is 0 Å². The van der Waals surface area contributed by atoms with Gasteiger partial charge in [0.25, 0.3) is 0 Å². The average Bonchev–Trinajstić information content (AvgIpc) is 2.43. The smallest absolute Gasteiger partial charge is 0.00737 e. The molecule has 2 aromatic carbocycles. The van der Waals surface area contributed by atoms with Gasteiger partial charge in [0.15, 0.2) is 0 Å². The molecule has 0 heterocycles. The van der Waals surface area contributed by atoms with Crippen LogP contribution in [0.4, 0.5) is 0 Å². The zero-order valence-corrected chi connectivity index (χ0v) is 12.6. The van der Waals surface area contributed by atoms with Gasteiger partial charge in [0.2, 0.25) is 0 Å². The van der Waals surface area contributed by atoms with Gasteiger partial charge in [-0.2, -0.15) is 0 Å². The molecule has 2 aromatic rings. The summed E-state index contributed by atoms with van der Waals surface area (Å²) in [6, 6.07) is 11.4. The maximum absolute atomic E-state index is 2.54. The van der Waals surface area contributed by atoms with E-state index in [-0.39, 0.29) is 0 Å². The van der Waals surface area contributed by atoms with Crippen LogP contribution in [0.15, 0.2) is 30.3 Å². The van der Waals surface area contributed by atoms with Crippen LogP contribution in [0.1, 0.15) is 45.1 Å². The second-order valence-corrected chi connectivity index (χ2v) is 7.53. The highest BCUT2D eigenvalue weighted by Gasteiger charge is 2.31. The van der Waals surface area contributed by atoms with Gasteiger partial charge in [-0.15, -0.1) is 0 Å². The van der Waals surface area contributed by atoms with Crippen LogP contribution in [0, 0.1) is 11.3 Å². The summed E-state index contributed by atoms with van der Waals surface area (Å²) in [7, 11) is 0. The lowest BCUT2D eigenvalue weighted by Crippen LogP contribution is -2.32. The first-order chi connectivity index (χ1) is 9.54. The van der Waals surface area contributed by atoms with E-state index in [9.17, 15) is 0 Å². The van der Waals surface area contributed by atoms with Gasteiger partial charge in [-0.05, 0) is 56.9 Å². The van der Waals surface area contributed by atoms with Gasteiger partial charge in [0.1, 0.15) is 0 Å². The number of hydrogen-bond donors (Lipinski definition) is 0. The van der Waals surface area contributed by atoms with Crippen LogP contribution in [-0.2, 0) is 0 Å². The van der Waals surface area contributed by atoms with E-state index in [0.29, 0.717) is 11.3 Å². The van der Waals surface area contributed by atoms with E-state index in [4.69, 9.17) is 0 Å². The molecule has 102 valence electrons. The fourth-order valence-corrected chi connectivity index (χ4v) is 4.00. The Morgan fingerprint density at radius 1 is 1.00 bits per heavy atom. The summed E-state index contributed by atoms with van der Waals surface area (Å²) in [6.45, 7) is 7.12. The van der Waals surface area contributed by atoms with E-state index in [1.165, 1.54) is 34.1 Å². The minimum atomic E-state index is 0.365. The van der Waals surface area contributed by atoms with Crippen molar-refractivity contribution in [2.45, 2.75) is 39.5 Å². The molecule has 0 spiro atoms. The van der Waals surface area contributed by atoms with Gasteiger partial charge in [0, 0.05) is 0 Å². The molecule has 0 saturated heterocycles. The predicted octanol–water partition coefficient (Wildman–Crippen LogP) is 3.95. The quantitative estimate of drug-likeness (QED) is 0.674. The first kappa shape index (κ1) is 12.2. The van der Waals surface area contributed by atoms with Crippen molar-refractivity contribution in [3.05, 3.63) is 46.3 Å². The zero-order chi connectivity index (χ0) is 13.9. The molecule has 2 aliphatic rings. The lowest BCUT2D eigenvalue weighted by molar-refractivity contribution is 0.274. The van der Waals surface area contributed by atoms with E-state index in [1.807, 2.05) is 0 Å². The van der Waals surface area contributed by atoms with E-state index >= 15 is 0 Å². The molecule has 0 bridgehead atoms. The molecule has 4 rings (SSSR count). The van der Waals surface area contributed by atoms with Crippen LogP contribution in [0.25, 0.3) is 22.9 Å². The Balaban J connectivity index is 2.08. The van der Waals surface area contributed by atoms with Crippen molar-refractivity contribution in [2.24, 2.45) is 11.3 Å². The van der Waals surface area contributed by atoms with E-state index in [0.717, 1.165) is 5.92 Å². The van der Waals surface area contributed by atoms with Crippen molar-refractivity contribution in [1.82, 2.24) is 0 Å². The average molecular weight is 262 g/mol. The SMILES string of the molecule is CC(C)(C)C1C=c2ccc3cccc4c3c2C(CC=4)C1. The third kappa shape index (κ3) is 1.67. The molecule has 20 heavy (non-hydrogen) atoms.